The largest absolute Gasteiger partial charge is 0.388 e. The Hall–Kier alpha value is -1.48. The number of aldehydes is 1. The van der Waals surface area contributed by atoms with Crippen molar-refractivity contribution in [3.8, 4) is 0 Å². The molecule has 0 aromatic heterocycles. The molecule has 0 saturated heterocycles. The number of aliphatic hydroxyl groups is 1. The van der Waals surface area contributed by atoms with Gasteiger partial charge in [-0.25, -0.2) is 12.8 Å². The highest BCUT2D eigenvalue weighted by Gasteiger charge is 2.21. The highest BCUT2D eigenvalue weighted by Crippen LogP contribution is 2.23. The number of hydrogen-bond acceptors (Lipinski definition) is 6. The molecule has 1 aromatic rings. The van der Waals surface area contributed by atoms with Gasteiger partial charge in [-0.15, -0.1) is 0 Å². The summed E-state index contributed by atoms with van der Waals surface area (Å²) in [5, 5.41) is 10.3. The number of carbonyl (C=O) groups is 1. The molecule has 0 aliphatic carbocycles. The Kier molecular flexibility index (Phi) is 12.0. The molecule has 0 aliphatic heterocycles. The predicted octanol–water partition coefficient (Wildman–Crippen LogP) is 3.30. The molecule has 1 unspecified atom stereocenters. The first kappa shape index (κ1) is 24.6. The number of benzene rings is 1. The lowest BCUT2D eigenvalue weighted by molar-refractivity contribution is -0.108. The van der Waals surface area contributed by atoms with Gasteiger partial charge in [-0.3, -0.25) is 0 Å². The van der Waals surface area contributed by atoms with Crippen LogP contribution < -0.4 is 9.84 Å². The third-order valence-corrected chi connectivity index (χ3v) is 6.03. The number of anilines is 1. The van der Waals surface area contributed by atoms with Crippen LogP contribution in [0, 0.1) is 0 Å². The zero-order chi connectivity index (χ0) is 20.8. The molecule has 1 aromatic carbocycles. The van der Waals surface area contributed by atoms with Crippen LogP contribution in [0.4, 0.5) is 5.69 Å². The molecule has 7 nitrogen and oxygen atoms in total. The molecule has 8 heteroatoms. The van der Waals surface area contributed by atoms with E-state index in [1.165, 1.54) is 0 Å². The number of ether oxygens (including phenoxy) is 1. The quantitative estimate of drug-likeness (QED) is 0.186. The Morgan fingerprint density at radius 1 is 1.14 bits per heavy atom. The summed E-state index contributed by atoms with van der Waals surface area (Å²) in [5.41, 5.74) is 4.05. The average Bonchev–Trinajstić information content (AvgIpc) is 2.70. The topological polar surface area (TPSA) is 95.9 Å². The van der Waals surface area contributed by atoms with Crippen molar-refractivity contribution in [2.24, 2.45) is 0 Å². The lowest BCUT2D eigenvalue weighted by atomic mass is 10.0. The molecule has 160 valence electrons. The Balaban J connectivity index is 2.68. The first-order chi connectivity index (χ1) is 13.5. The molecule has 0 heterocycles. The van der Waals surface area contributed by atoms with Crippen molar-refractivity contribution < 1.29 is 23.1 Å². The van der Waals surface area contributed by atoms with Gasteiger partial charge >= 0.3 is 0 Å². The summed E-state index contributed by atoms with van der Waals surface area (Å²) < 4.78 is 31.4. The molecule has 2 N–H and O–H groups in total. The van der Waals surface area contributed by atoms with Crippen LogP contribution in [-0.4, -0.2) is 38.9 Å². The van der Waals surface area contributed by atoms with Crippen molar-refractivity contribution in [2.75, 3.05) is 23.5 Å². The fourth-order valence-electron chi connectivity index (χ4n) is 2.67. The first-order valence-electron chi connectivity index (χ1n) is 10.0. The van der Waals surface area contributed by atoms with Crippen molar-refractivity contribution in [3.05, 3.63) is 29.8 Å². The molecular weight excluding hydrogens is 380 g/mol. The highest BCUT2D eigenvalue weighted by molar-refractivity contribution is 7.92. The van der Waals surface area contributed by atoms with Gasteiger partial charge in [0.05, 0.1) is 17.5 Å². The third kappa shape index (κ3) is 8.68. The fourth-order valence-corrected chi connectivity index (χ4v) is 3.62. The minimum Gasteiger partial charge on any atom is -0.388 e. The average molecular weight is 415 g/mol. The third-order valence-electron chi connectivity index (χ3n) is 4.41. The summed E-state index contributed by atoms with van der Waals surface area (Å²) in [5.74, 6) is -0.0548. The van der Waals surface area contributed by atoms with Gasteiger partial charge in [0.2, 0.25) is 10.0 Å². The van der Waals surface area contributed by atoms with E-state index in [9.17, 15) is 18.3 Å². The predicted molar refractivity (Wildman–Crippen MR) is 111 cm³/mol. The number of hydrogen-bond donors (Lipinski definition) is 2. The van der Waals surface area contributed by atoms with E-state index in [2.05, 4.69) is 12.3 Å². The van der Waals surface area contributed by atoms with Crippen LogP contribution >= 0.6 is 0 Å². The van der Waals surface area contributed by atoms with E-state index < -0.39 is 16.1 Å². The molecule has 0 amide bonds. The Morgan fingerprint density at radius 2 is 1.86 bits per heavy atom. The smallest absolute Gasteiger partial charge is 0.248 e. The number of rotatable bonds is 16. The minimum atomic E-state index is -3.53. The van der Waals surface area contributed by atoms with Gasteiger partial charge in [-0.2, -0.15) is 5.43 Å². The number of sulfonamides is 1. The maximum absolute atomic E-state index is 12.4. The number of aliphatic hydroxyl groups excluding tert-OH is 1. The second kappa shape index (κ2) is 13.7. The summed E-state index contributed by atoms with van der Waals surface area (Å²) in [6.07, 6.45) is 6.16. The summed E-state index contributed by atoms with van der Waals surface area (Å²) in [7, 11) is -3.53. The van der Waals surface area contributed by atoms with Crippen LogP contribution in [0.15, 0.2) is 24.3 Å². The first-order valence-corrected chi connectivity index (χ1v) is 11.6. The maximum Gasteiger partial charge on any atom is 0.248 e. The fraction of sp³-hybridized carbons (Fsp3) is 0.650. The zero-order valence-electron chi connectivity index (χ0n) is 17.0. The number of nitrogens with zero attached hydrogens (tertiary/aromatic N) is 1. The van der Waals surface area contributed by atoms with Gasteiger partial charge in [-0.1, -0.05) is 38.3 Å². The van der Waals surface area contributed by atoms with Crippen LogP contribution in [-0.2, 0) is 19.6 Å². The lowest BCUT2D eigenvalue weighted by Crippen LogP contribution is -2.45. The summed E-state index contributed by atoms with van der Waals surface area (Å²) in [6, 6.07) is 6.88. The van der Waals surface area contributed by atoms with E-state index in [0.29, 0.717) is 25.1 Å². The van der Waals surface area contributed by atoms with Gasteiger partial charge in [-0.05, 0) is 43.9 Å². The monoisotopic (exact) mass is 414 g/mol. The van der Waals surface area contributed by atoms with E-state index in [1.807, 2.05) is 0 Å². The lowest BCUT2D eigenvalue weighted by Gasteiger charge is -2.25. The normalized spacial score (nSPS) is 12.7. The molecule has 0 radical (unpaired) electrons. The van der Waals surface area contributed by atoms with Crippen molar-refractivity contribution >= 4 is 22.0 Å². The van der Waals surface area contributed by atoms with Crippen LogP contribution in [0.1, 0.15) is 70.5 Å². The molecule has 0 fully saturated rings. The van der Waals surface area contributed by atoms with Crippen molar-refractivity contribution in [3.63, 3.8) is 0 Å². The molecule has 0 spiro atoms. The van der Waals surface area contributed by atoms with Gasteiger partial charge in [0.25, 0.3) is 0 Å². The molecule has 28 heavy (non-hydrogen) atoms. The van der Waals surface area contributed by atoms with E-state index in [0.717, 1.165) is 48.4 Å². The second-order valence-corrected chi connectivity index (χ2v) is 8.75. The molecule has 0 bridgehead atoms. The van der Waals surface area contributed by atoms with Crippen molar-refractivity contribution in [2.45, 2.75) is 64.9 Å². The Morgan fingerprint density at radius 3 is 2.46 bits per heavy atom. The van der Waals surface area contributed by atoms with Crippen LogP contribution in [0.5, 0.6) is 0 Å². The molecule has 0 aliphatic rings. The number of carbonyl (C=O) groups excluding carboxylic acids is 1. The van der Waals surface area contributed by atoms with E-state index in [4.69, 9.17) is 4.74 Å². The number of hydrazine groups is 1. The zero-order valence-corrected chi connectivity index (χ0v) is 17.8. The molecule has 1 atom stereocenters. The highest BCUT2D eigenvalue weighted by atomic mass is 32.2. The van der Waals surface area contributed by atoms with Crippen molar-refractivity contribution in [1.29, 1.82) is 0 Å². The van der Waals surface area contributed by atoms with Crippen LogP contribution in [0.25, 0.3) is 0 Å². The Labute approximate surface area is 169 Å². The van der Waals surface area contributed by atoms with Gasteiger partial charge in [0, 0.05) is 13.0 Å². The maximum atomic E-state index is 12.4. The number of unbranched alkanes of at least 4 members (excludes halogenated alkanes) is 4. The second-order valence-electron chi connectivity index (χ2n) is 6.64. The standard InChI is InChI=1S/C20H34N2O5S/c1-3-5-7-10-20(24)18-11-13-19(14-12-18)22(28(25,26)4-2)21-17-27-16-9-6-8-15-23/h11-15,20-21,24H,3-10,16-17H2,1-2H3. The molecule has 1 rings (SSSR count). The van der Waals surface area contributed by atoms with E-state index in [-0.39, 0.29) is 12.5 Å². The summed E-state index contributed by atoms with van der Waals surface area (Å²) in [4.78, 5) is 10.3. The van der Waals surface area contributed by atoms with Crippen LogP contribution in [0.2, 0.25) is 0 Å². The summed E-state index contributed by atoms with van der Waals surface area (Å²) >= 11 is 0. The van der Waals surface area contributed by atoms with Gasteiger partial charge in [0.15, 0.2) is 0 Å². The molecule has 0 saturated carbocycles. The van der Waals surface area contributed by atoms with E-state index >= 15 is 0 Å². The SMILES string of the molecule is CCCCCC(O)c1ccc(N(NCOCCCCC=O)S(=O)(=O)CC)cc1. The summed E-state index contributed by atoms with van der Waals surface area (Å²) in [6.45, 7) is 4.19. The van der Waals surface area contributed by atoms with Gasteiger partial charge in [0.1, 0.15) is 13.0 Å². The van der Waals surface area contributed by atoms with Crippen molar-refractivity contribution in [1.82, 2.24) is 5.43 Å². The van der Waals surface area contributed by atoms with Crippen LogP contribution in [0.3, 0.4) is 0 Å². The van der Waals surface area contributed by atoms with Gasteiger partial charge < -0.3 is 14.6 Å². The van der Waals surface area contributed by atoms with E-state index in [1.54, 1.807) is 31.2 Å². The minimum absolute atomic E-state index is 0.0434. The molecular formula is C20H34N2O5S. The Bertz CT molecular complexity index is 649. The number of nitrogens with one attached hydrogen (secondary N) is 1.